The van der Waals surface area contributed by atoms with E-state index in [4.69, 9.17) is 4.74 Å². The molecule has 0 saturated carbocycles. The van der Waals surface area contributed by atoms with E-state index in [1.165, 1.54) is 11.8 Å². The van der Waals surface area contributed by atoms with E-state index in [2.05, 4.69) is 10.3 Å². The Balaban J connectivity index is 1.59. The number of nitrogens with zero attached hydrogens (tertiary/aromatic N) is 1. The Morgan fingerprint density at radius 1 is 1.12 bits per heavy atom. The average molecular weight is 338 g/mol. The van der Waals surface area contributed by atoms with E-state index in [-0.39, 0.29) is 5.91 Å². The van der Waals surface area contributed by atoms with Gasteiger partial charge in [-0.15, -0.1) is 11.8 Å². The molecule has 3 rings (SSSR count). The summed E-state index contributed by atoms with van der Waals surface area (Å²) in [5.74, 6) is 1.12. The Bertz CT molecular complexity index is 846. The van der Waals surface area contributed by atoms with E-state index < -0.39 is 0 Å². The summed E-state index contributed by atoms with van der Waals surface area (Å²) in [6, 6.07) is 17.6. The van der Waals surface area contributed by atoms with Crippen molar-refractivity contribution in [1.29, 1.82) is 0 Å². The number of rotatable bonds is 6. The summed E-state index contributed by atoms with van der Waals surface area (Å²) in [5, 5.41) is 4.01. The van der Waals surface area contributed by atoms with Crippen LogP contribution in [0.5, 0.6) is 5.75 Å². The molecule has 0 aliphatic rings. The lowest BCUT2D eigenvalue weighted by atomic mass is 10.2. The van der Waals surface area contributed by atoms with Crippen molar-refractivity contribution in [1.82, 2.24) is 10.3 Å². The molecule has 1 heterocycles. The van der Waals surface area contributed by atoms with Gasteiger partial charge in [-0.2, -0.15) is 0 Å². The van der Waals surface area contributed by atoms with Crippen LogP contribution in [0.4, 0.5) is 0 Å². The maximum atomic E-state index is 12.1. The Morgan fingerprint density at radius 3 is 2.83 bits per heavy atom. The summed E-state index contributed by atoms with van der Waals surface area (Å²) < 4.78 is 5.29. The number of fused-ring (bicyclic) bond motifs is 1. The molecule has 4 nitrogen and oxygen atoms in total. The maximum absolute atomic E-state index is 12.1. The number of hydrogen-bond donors (Lipinski definition) is 1. The second-order valence-electron chi connectivity index (χ2n) is 5.21. The summed E-state index contributed by atoms with van der Waals surface area (Å²) in [7, 11) is 1.63. The monoisotopic (exact) mass is 338 g/mol. The molecule has 1 N–H and O–H groups in total. The zero-order valence-corrected chi connectivity index (χ0v) is 14.2. The van der Waals surface area contributed by atoms with Crippen molar-refractivity contribution < 1.29 is 9.53 Å². The molecule has 0 unspecified atom stereocenters. The number of hydrogen-bond acceptors (Lipinski definition) is 4. The van der Waals surface area contributed by atoms with Crippen molar-refractivity contribution in [2.45, 2.75) is 11.4 Å². The minimum absolute atomic E-state index is 0.0150. The highest BCUT2D eigenvalue weighted by molar-refractivity contribution is 8.00. The lowest BCUT2D eigenvalue weighted by Gasteiger charge is -2.10. The summed E-state index contributed by atoms with van der Waals surface area (Å²) in [6.45, 7) is 0.456. The molecular weight excluding hydrogens is 320 g/mol. The van der Waals surface area contributed by atoms with E-state index in [1.54, 1.807) is 13.3 Å². The van der Waals surface area contributed by atoms with E-state index in [1.807, 2.05) is 54.6 Å². The highest BCUT2D eigenvalue weighted by Gasteiger charge is 2.08. The molecule has 3 aromatic rings. The predicted molar refractivity (Wildman–Crippen MR) is 97.3 cm³/mol. The zero-order valence-electron chi connectivity index (χ0n) is 13.4. The van der Waals surface area contributed by atoms with E-state index in [0.29, 0.717) is 12.3 Å². The van der Waals surface area contributed by atoms with Gasteiger partial charge in [-0.1, -0.05) is 36.4 Å². The van der Waals surface area contributed by atoms with Crippen LogP contribution in [0.15, 0.2) is 65.7 Å². The number of para-hydroxylation sites is 2. The van der Waals surface area contributed by atoms with Gasteiger partial charge in [0.25, 0.3) is 0 Å². The van der Waals surface area contributed by atoms with Gasteiger partial charge in [0.2, 0.25) is 5.91 Å². The number of methoxy groups -OCH3 is 1. The van der Waals surface area contributed by atoms with Crippen molar-refractivity contribution in [2.75, 3.05) is 12.9 Å². The fourth-order valence-corrected chi connectivity index (χ4v) is 3.30. The van der Waals surface area contributed by atoms with Crippen LogP contribution in [-0.4, -0.2) is 23.8 Å². The summed E-state index contributed by atoms with van der Waals surface area (Å²) in [4.78, 5) is 17.6. The van der Waals surface area contributed by atoms with Crippen LogP contribution >= 0.6 is 11.8 Å². The first kappa shape index (κ1) is 16.3. The number of aromatic nitrogens is 1. The van der Waals surface area contributed by atoms with Crippen molar-refractivity contribution >= 4 is 28.6 Å². The molecular formula is C19H18N2O2S. The summed E-state index contributed by atoms with van der Waals surface area (Å²) in [5.41, 5.74) is 1.90. The smallest absolute Gasteiger partial charge is 0.230 e. The van der Waals surface area contributed by atoms with Crippen molar-refractivity contribution in [3.63, 3.8) is 0 Å². The predicted octanol–water partition coefficient (Wildman–Crippen LogP) is 3.65. The molecule has 5 heteroatoms. The largest absolute Gasteiger partial charge is 0.496 e. The number of amides is 1. The summed E-state index contributed by atoms with van der Waals surface area (Å²) >= 11 is 1.50. The zero-order chi connectivity index (χ0) is 16.8. The van der Waals surface area contributed by atoms with Gasteiger partial charge in [0.05, 0.1) is 18.4 Å². The van der Waals surface area contributed by atoms with Gasteiger partial charge in [0.1, 0.15) is 5.75 Å². The normalized spacial score (nSPS) is 10.5. The highest BCUT2D eigenvalue weighted by Crippen LogP contribution is 2.26. The third-order valence-corrected chi connectivity index (χ3v) is 4.67. The van der Waals surface area contributed by atoms with Crippen LogP contribution in [0.25, 0.3) is 10.9 Å². The van der Waals surface area contributed by atoms with E-state index >= 15 is 0 Å². The van der Waals surface area contributed by atoms with E-state index in [0.717, 1.165) is 27.1 Å². The van der Waals surface area contributed by atoms with Gasteiger partial charge in [0.15, 0.2) is 0 Å². The first-order valence-corrected chi connectivity index (χ1v) is 8.61. The molecule has 0 aliphatic heterocycles. The number of carbonyl (C=O) groups is 1. The second-order valence-corrected chi connectivity index (χ2v) is 6.23. The highest BCUT2D eigenvalue weighted by atomic mass is 32.2. The first-order valence-electron chi connectivity index (χ1n) is 7.63. The molecule has 0 fully saturated rings. The molecule has 0 saturated heterocycles. The first-order chi connectivity index (χ1) is 11.8. The SMILES string of the molecule is COc1ccccc1CNC(=O)CSc1cccc2cccnc12. The number of thioether (sulfide) groups is 1. The molecule has 122 valence electrons. The second kappa shape index (κ2) is 7.84. The molecule has 0 atom stereocenters. The van der Waals surface area contributed by atoms with Gasteiger partial charge >= 0.3 is 0 Å². The van der Waals surface area contributed by atoms with Gasteiger partial charge in [-0.05, 0) is 18.2 Å². The fourth-order valence-electron chi connectivity index (χ4n) is 2.43. The molecule has 1 amide bonds. The maximum Gasteiger partial charge on any atom is 0.230 e. The number of ether oxygens (including phenoxy) is 1. The van der Waals surface area contributed by atoms with Gasteiger partial charge in [-0.25, -0.2) is 0 Å². The van der Waals surface area contributed by atoms with Crippen LogP contribution in [0.1, 0.15) is 5.56 Å². The fraction of sp³-hybridized carbons (Fsp3) is 0.158. The Kier molecular flexibility index (Phi) is 5.33. The molecule has 0 bridgehead atoms. The van der Waals surface area contributed by atoms with Gasteiger partial charge in [-0.3, -0.25) is 9.78 Å². The minimum atomic E-state index is -0.0150. The van der Waals surface area contributed by atoms with Gasteiger partial charge < -0.3 is 10.1 Å². The van der Waals surface area contributed by atoms with E-state index in [9.17, 15) is 4.79 Å². The number of carbonyl (C=O) groups excluding carboxylic acids is 1. The summed E-state index contributed by atoms with van der Waals surface area (Å²) in [6.07, 6.45) is 1.77. The lowest BCUT2D eigenvalue weighted by molar-refractivity contribution is -0.118. The third-order valence-electron chi connectivity index (χ3n) is 3.62. The van der Waals surface area contributed by atoms with Crippen LogP contribution in [-0.2, 0) is 11.3 Å². The standard InChI is InChI=1S/C19H18N2O2S/c1-23-16-9-3-2-6-15(16)12-21-18(22)13-24-17-10-4-7-14-8-5-11-20-19(14)17/h2-11H,12-13H2,1H3,(H,21,22). The van der Waals surface area contributed by atoms with Crippen molar-refractivity contribution in [3.8, 4) is 5.75 Å². The molecule has 0 aliphatic carbocycles. The Hall–Kier alpha value is -2.53. The Labute approximate surface area is 145 Å². The molecule has 24 heavy (non-hydrogen) atoms. The Morgan fingerprint density at radius 2 is 1.96 bits per heavy atom. The molecule has 0 spiro atoms. The topological polar surface area (TPSA) is 51.2 Å². The molecule has 2 aromatic carbocycles. The van der Waals surface area contributed by atoms with Crippen molar-refractivity contribution in [3.05, 3.63) is 66.4 Å². The molecule has 0 radical (unpaired) electrons. The number of pyridine rings is 1. The van der Waals surface area contributed by atoms with Crippen LogP contribution < -0.4 is 10.1 Å². The average Bonchev–Trinajstić information content (AvgIpc) is 2.64. The quantitative estimate of drug-likeness (QED) is 0.697. The molecule has 1 aromatic heterocycles. The van der Waals surface area contributed by atoms with Crippen molar-refractivity contribution in [2.24, 2.45) is 0 Å². The van der Waals surface area contributed by atoms with Crippen LogP contribution in [0.3, 0.4) is 0 Å². The van der Waals surface area contributed by atoms with Crippen LogP contribution in [0.2, 0.25) is 0 Å². The third kappa shape index (κ3) is 3.86. The van der Waals surface area contributed by atoms with Crippen LogP contribution in [0, 0.1) is 0 Å². The lowest BCUT2D eigenvalue weighted by Crippen LogP contribution is -2.24. The minimum Gasteiger partial charge on any atom is -0.496 e. The van der Waals surface area contributed by atoms with Gasteiger partial charge in [0, 0.05) is 28.6 Å². The number of nitrogens with one attached hydrogen (secondary N) is 1. The number of benzene rings is 2.